The van der Waals surface area contributed by atoms with Gasteiger partial charge in [-0.3, -0.25) is 9.69 Å². The van der Waals surface area contributed by atoms with Crippen LogP contribution in [0, 0.1) is 0 Å². The van der Waals surface area contributed by atoms with Gasteiger partial charge < -0.3 is 14.1 Å². The monoisotopic (exact) mass is 560 g/mol. The minimum Gasteiger partial charge on any atom is -0.497 e. The number of nitrogens with one attached hydrogen (secondary N) is 1. The number of aromatic nitrogens is 5. The summed E-state index contributed by atoms with van der Waals surface area (Å²) in [7, 11) is 1.65. The highest BCUT2D eigenvalue weighted by molar-refractivity contribution is 5.80. The lowest BCUT2D eigenvalue weighted by atomic mass is 10.00. The molecule has 0 saturated heterocycles. The Morgan fingerprint density at radius 1 is 0.929 bits per heavy atom. The number of pyridine rings is 1. The van der Waals surface area contributed by atoms with E-state index in [1.54, 1.807) is 18.1 Å². The lowest BCUT2D eigenvalue weighted by Gasteiger charge is -2.31. The third-order valence-electron chi connectivity index (χ3n) is 7.47. The van der Waals surface area contributed by atoms with Gasteiger partial charge in [0.1, 0.15) is 24.1 Å². The van der Waals surface area contributed by atoms with Crippen molar-refractivity contribution in [3.05, 3.63) is 141 Å². The molecule has 0 aliphatic heterocycles. The van der Waals surface area contributed by atoms with E-state index in [4.69, 9.17) is 9.15 Å². The van der Waals surface area contributed by atoms with E-state index in [1.165, 1.54) is 5.56 Å². The van der Waals surface area contributed by atoms with E-state index in [9.17, 15) is 4.79 Å². The molecule has 212 valence electrons. The van der Waals surface area contributed by atoms with Crippen molar-refractivity contribution in [1.82, 2.24) is 30.1 Å². The van der Waals surface area contributed by atoms with E-state index < -0.39 is 6.04 Å². The SMILES string of the molecule is CCc1ccc2[nH]c(=O)c(C(c3nnnn3Cc3ccco3)N(Cc3ccccc3)Cc3ccc(OC)cc3)cc2c1. The van der Waals surface area contributed by atoms with Gasteiger partial charge >= 0.3 is 0 Å². The molecule has 0 spiro atoms. The average Bonchev–Trinajstić information content (AvgIpc) is 3.71. The summed E-state index contributed by atoms with van der Waals surface area (Å²) in [6, 6.07) is 29.4. The van der Waals surface area contributed by atoms with Crippen LogP contribution in [-0.2, 0) is 26.1 Å². The number of H-pyrrole nitrogens is 1. The van der Waals surface area contributed by atoms with Crippen LogP contribution >= 0.6 is 0 Å². The molecule has 1 unspecified atom stereocenters. The maximum atomic E-state index is 13.9. The molecule has 0 saturated carbocycles. The molecule has 0 radical (unpaired) electrons. The number of benzene rings is 3. The molecule has 6 rings (SSSR count). The zero-order valence-corrected chi connectivity index (χ0v) is 23.6. The van der Waals surface area contributed by atoms with Gasteiger partial charge in [0.15, 0.2) is 5.82 Å². The summed E-state index contributed by atoms with van der Waals surface area (Å²) in [6.45, 7) is 3.54. The zero-order chi connectivity index (χ0) is 28.9. The molecule has 9 heteroatoms. The highest BCUT2D eigenvalue weighted by atomic mass is 16.5. The second kappa shape index (κ2) is 12.2. The Morgan fingerprint density at radius 2 is 1.69 bits per heavy atom. The van der Waals surface area contributed by atoms with Gasteiger partial charge in [-0.05, 0) is 81.4 Å². The number of furan rings is 1. The van der Waals surface area contributed by atoms with Crippen LogP contribution < -0.4 is 10.3 Å². The highest BCUT2D eigenvalue weighted by Crippen LogP contribution is 2.31. The largest absolute Gasteiger partial charge is 0.497 e. The second-order valence-electron chi connectivity index (χ2n) is 10.2. The smallest absolute Gasteiger partial charge is 0.253 e. The third-order valence-corrected chi connectivity index (χ3v) is 7.47. The molecule has 1 N–H and O–H groups in total. The zero-order valence-electron chi connectivity index (χ0n) is 23.6. The van der Waals surface area contributed by atoms with Crippen LogP contribution in [0.1, 0.15) is 46.8 Å². The maximum Gasteiger partial charge on any atom is 0.253 e. The fraction of sp³-hybridized carbons (Fsp3) is 0.212. The minimum absolute atomic E-state index is 0.183. The second-order valence-corrected chi connectivity index (χ2v) is 10.2. The predicted molar refractivity (Wildman–Crippen MR) is 160 cm³/mol. The predicted octanol–water partition coefficient (Wildman–Crippen LogP) is 5.52. The molecule has 3 heterocycles. The van der Waals surface area contributed by atoms with Crippen LogP contribution in [0.15, 0.2) is 106 Å². The van der Waals surface area contributed by atoms with Crippen molar-refractivity contribution >= 4 is 10.9 Å². The molecule has 3 aromatic heterocycles. The van der Waals surface area contributed by atoms with Gasteiger partial charge in [0, 0.05) is 24.2 Å². The molecule has 0 fully saturated rings. The van der Waals surface area contributed by atoms with Crippen molar-refractivity contribution < 1.29 is 9.15 Å². The fourth-order valence-corrected chi connectivity index (χ4v) is 5.29. The Morgan fingerprint density at radius 3 is 2.40 bits per heavy atom. The average molecular weight is 561 g/mol. The van der Waals surface area contributed by atoms with Gasteiger partial charge in [-0.2, -0.15) is 0 Å². The topological polar surface area (TPSA) is 102 Å². The highest BCUT2D eigenvalue weighted by Gasteiger charge is 2.31. The van der Waals surface area contributed by atoms with E-state index in [2.05, 4.69) is 50.5 Å². The van der Waals surface area contributed by atoms with E-state index >= 15 is 0 Å². The summed E-state index contributed by atoms with van der Waals surface area (Å²) in [5.74, 6) is 2.05. The number of hydrogen-bond acceptors (Lipinski definition) is 7. The summed E-state index contributed by atoms with van der Waals surface area (Å²) < 4.78 is 12.7. The number of tetrazole rings is 1. The first-order valence-electron chi connectivity index (χ1n) is 14.0. The van der Waals surface area contributed by atoms with Crippen molar-refractivity contribution in [2.24, 2.45) is 0 Å². The lowest BCUT2D eigenvalue weighted by molar-refractivity contribution is 0.193. The van der Waals surface area contributed by atoms with Crippen molar-refractivity contribution in [3.8, 4) is 5.75 Å². The van der Waals surface area contributed by atoms with Crippen molar-refractivity contribution in [3.63, 3.8) is 0 Å². The van der Waals surface area contributed by atoms with Gasteiger partial charge in [0.25, 0.3) is 5.56 Å². The molecule has 6 aromatic rings. The number of aromatic amines is 1. The standard InChI is InChI=1S/C33H32N6O3/c1-3-23-13-16-30-26(18-23)19-29(33(40)34-30)31(32-35-36-37-39(32)22-28-10-7-17-42-28)38(20-24-8-5-4-6-9-24)21-25-11-14-27(41-2)15-12-25/h4-19,31H,3,20-22H2,1-2H3,(H,34,40). The summed E-state index contributed by atoms with van der Waals surface area (Å²) in [5, 5.41) is 13.8. The summed E-state index contributed by atoms with van der Waals surface area (Å²) in [5.41, 5.74) is 4.53. The Hall–Kier alpha value is -5.02. The molecule has 42 heavy (non-hydrogen) atoms. The lowest BCUT2D eigenvalue weighted by Crippen LogP contribution is -2.35. The number of rotatable bonds is 11. The van der Waals surface area contributed by atoms with Crippen molar-refractivity contribution in [2.75, 3.05) is 7.11 Å². The number of ether oxygens (including phenoxy) is 1. The number of nitrogens with zero attached hydrogens (tertiary/aromatic N) is 5. The number of methoxy groups -OCH3 is 1. The van der Waals surface area contributed by atoms with Crippen LogP contribution in [0.2, 0.25) is 0 Å². The summed E-state index contributed by atoms with van der Waals surface area (Å²) >= 11 is 0. The first kappa shape index (κ1) is 27.2. The Kier molecular flexibility index (Phi) is 7.91. The molecule has 0 aliphatic rings. The quantitative estimate of drug-likeness (QED) is 0.223. The Labute approximate surface area is 243 Å². The van der Waals surface area contributed by atoms with Gasteiger partial charge in [0.05, 0.1) is 13.4 Å². The molecule has 1 atom stereocenters. The van der Waals surface area contributed by atoms with Crippen LogP contribution in [0.25, 0.3) is 10.9 Å². The van der Waals surface area contributed by atoms with Crippen LogP contribution in [0.3, 0.4) is 0 Å². The van der Waals surface area contributed by atoms with Gasteiger partial charge in [-0.25, -0.2) is 4.68 Å². The van der Waals surface area contributed by atoms with Crippen molar-refractivity contribution in [2.45, 2.75) is 39.0 Å². The van der Waals surface area contributed by atoms with Crippen LogP contribution in [-0.4, -0.2) is 37.2 Å². The third kappa shape index (κ3) is 5.87. The molecule has 0 amide bonds. The van der Waals surface area contributed by atoms with Gasteiger partial charge in [-0.15, -0.1) is 5.10 Å². The number of hydrogen-bond donors (Lipinski definition) is 1. The molecule has 0 bridgehead atoms. The van der Waals surface area contributed by atoms with Crippen LogP contribution in [0.5, 0.6) is 5.75 Å². The first-order chi connectivity index (χ1) is 20.6. The molecular weight excluding hydrogens is 528 g/mol. The van der Waals surface area contributed by atoms with Gasteiger partial charge in [0.2, 0.25) is 0 Å². The maximum absolute atomic E-state index is 13.9. The Bertz CT molecular complexity index is 1810. The normalized spacial score (nSPS) is 12.2. The van der Waals surface area contributed by atoms with E-state index in [1.807, 2.05) is 72.8 Å². The van der Waals surface area contributed by atoms with E-state index in [0.29, 0.717) is 36.8 Å². The fourth-order valence-electron chi connectivity index (χ4n) is 5.29. The summed E-state index contributed by atoms with van der Waals surface area (Å²) in [4.78, 5) is 19.2. The molecule has 3 aromatic carbocycles. The summed E-state index contributed by atoms with van der Waals surface area (Å²) in [6.07, 6.45) is 2.52. The van der Waals surface area contributed by atoms with E-state index in [0.717, 1.165) is 34.2 Å². The van der Waals surface area contributed by atoms with Crippen LogP contribution in [0.4, 0.5) is 0 Å². The number of fused-ring (bicyclic) bond motifs is 1. The van der Waals surface area contributed by atoms with Gasteiger partial charge in [-0.1, -0.05) is 55.5 Å². The Balaban J connectivity index is 1.52. The molecule has 0 aliphatic carbocycles. The molecular formula is C33H32N6O3. The first-order valence-corrected chi connectivity index (χ1v) is 14.0. The van der Waals surface area contributed by atoms with Crippen molar-refractivity contribution in [1.29, 1.82) is 0 Å². The number of aryl methyl sites for hydroxylation is 1. The minimum atomic E-state index is -0.573. The van der Waals surface area contributed by atoms with E-state index in [-0.39, 0.29) is 5.56 Å². The molecule has 9 nitrogen and oxygen atoms in total.